The number of methoxy groups -OCH3 is 2. The summed E-state index contributed by atoms with van der Waals surface area (Å²) in [5.74, 6) is 1.74. The zero-order chi connectivity index (χ0) is 12.3. The molecule has 6 heteroatoms. The molecule has 0 fully saturated rings. The summed E-state index contributed by atoms with van der Waals surface area (Å²) in [5.41, 5.74) is 0. The van der Waals surface area contributed by atoms with Gasteiger partial charge in [0.15, 0.2) is 11.5 Å². The Bertz CT molecular complexity index is 493. The second-order valence-corrected chi connectivity index (χ2v) is 4.66. The molecule has 1 aromatic carbocycles. The van der Waals surface area contributed by atoms with E-state index in [1.54, 1.807) is 26.4 Å². The summed E-state index contributed by atoms with van der Waals surface area (Å²) in [7, 11) is 3.17. The van der Waals surface area contributed by atoms with Crippen LogP contribution >= 0.6 is 27.3 Å². The molecular weight excluding hydrogens is 306 g/mol. The van der Waals surface area contributed by atoms with E-state index in [0.29, 0.717) is 22.4 Å². The average molecular weight is 316 g/mol. The molecule has 0 atom stereocenters. The smallest absolute Gasteiger partial charge is 0.280 e. The van der Waals surface area contributed by atoms with E-state index in [4.69, 9.17) is 14.2 Å². The third kappa shape index (κ3) is 2.70. The van der Waals surface area contributed by atoms with Crippen molar-refractivity contribution in [1.82, 2.24) is 4.98 Å². The average Bonchev–Trinajstić information content (AvgIpc) is 2.75. The number of nitrogens with zero attached hydrogens (tertiary/aromatic N) is 1. The molecule has 2 aromatic rings. The topological polar surface area (TPSA) is 40.6 Å². The van der Waals surface area contributed by atoms with Crippen molar-refractivity contribution >= 4 is 27.3 Å². The van der Waals surface area contributed by atoms with Gasteiger partial charge in [0.25, 0.3) is 5.19 Å². The Hall–Kier alpha value is -1.27. The maximum atomic E-state index is 5.67. The predicted octanol–water partition coefficient (Wildman–Crippen LogP) is 3.72. The Morgan fingerprint density at radius 2 is 1.82 bits per heavy atom. The van der Waals surface area contributed by atoms with E-state index < -0.39 is 0 Å². The number of aromatic nitrogens is 1. The number of hydrogen-bond donors (Lipinski definition) is 0. The SMILES string of the molecule is COc1cccc(OC)c1Oc1nc(Br)cs1. The van der Waals surface area contributed by atoms with Crippen molar-refractivity contribution in [1.29, 1.82) is 0 Å². The second-order valence-electron chi connectivity index (χ2n) is 3.03. The summed E-state index contributed by atoms with van der Waals surface area (Å²) in [5, 5.41) is 2.37. The Balaban J connectivity index is 2.36. The van der Waals surface area contributed by atoms with Crippen molar-refractivity contribution in [3.8, 4) is 22.4 Å². The van der Waals surface area contributed by atoms with Crippen LogP contribution in [0.2, 0.25) is 0 Å². The molecule has 0 aliphatic rings. The summed E-state index contributed by atoms with van der Waals surface area (Å²) in [6, 6.07) is 5.45. The van der Waals surface area contributed by atoms with Crippen LogP contribution in [0.1, 0.15) is 0 Å². The molecule has 0 radical (unpaired) electrons. The van der Waals surface area contributed by atoms with Gasteiger partial charge in [-0.2, -0.15) is 4.98 Å². The van der Waals surface area contributed by atoms with Gasteiger partial charge in [0.1, 0.15) is 4.60 Å². The van der Waals surface area contributed by atoms with E-state index in [9.17, 15) is 0 Å². The van der Waals surface area contributed by atoms with Crippen LogP contribution in [-0.4, -0.2) is 19.2 Å². The highest BCUT2D eigenvalue weighted by Gasteiger charge is 2.13. The summed E-state index contributed by atoms with van der Waals surface area (Å²) in [6.07, 6.45) is 0. The molecule has 0 saturated carbocycles. The van der Waals surface area contributed by atoms with Crippen molar-refractivity contribution in [2.75, 3.05) is 14.2 Å². The highest BCUT2D eigenvalue weighted by Crippen LogP contribution is 2.40. The fourth-order valence-corrected chi connectivity index (χ4v) is 2.38. The molecule has 0 amide bonds. The second kappa shape index (κ2) is 5.37. The van der Waals surface area contributed by atoms with Gasteiger partial charge in [-0.3, -0.25) is 0 Å². The molecule has 0 unspecified atom stereocenters. The van der Waals surface area contributed by atoms with Gasteiger partial charge in [-0.1, -0.05) is 17.4 Å². The molecule has 0 bridgehead atoms. The minimum atomic E-state index is 0.527. The lowest BCUT2D eigenvalue weighted by Gasteiger charge is -2.11. The molecule has 1 aromatic heterocycles. The van der Waals surface area contributed by atoms with Gasteiger partial charge in [0.2, 0.25) is 5.75 Å². The van der Waals surface area contributed by atoms with Gasteiger partial charge in [-0.25, -0.2) is 0 Å². The van der Waals surface area contributed by atoms with Crippen LogP contribution < -0.4 is 14.2 Å². The van der Waals surface area contributed by atoms with E-state index >= 15 is 0 Å². The lowest BCUT2D eigenvalue weighted by Crippen LogP contribution is -1.93. The fourth-order valence-electron chi connectivity index (χ4n) is 1.29. The summed E-state index contributed by atoms with van der Waals surface area (Å²) in [4.78, 5) is 4.16. The van der Waals surface area contributed by atoms with Crippen LogP contribution in [0.25, 0.3) is 0 Å². The van der Waals surface area contributed by atoms with Crippen LogP contribution in [0.3, 0.4) is 0 Å². The largest absolute Gasteiger partial charge is 0.493 e. The van der Waals surface area contributed by atoms with Gasteiger partial charge >= 0.3 is 0 Å². The minimum absolute atomic E-state index is 0.527. The van der Waals surface area contributed by atoms with Crippen molar-refractivity contribution in [2.45, 2.75) is 0 Å². The molecule has 0 aliphatic heterocycles. The zero-order valence-corrected chi connectivity index (χ0v) is 11.7. The molecule has 90 valence electrons. The van der Waals surface area contributed by atoms with Gasteiger partial charge in [0, 0.05) is 5.38 Å². The predicted molar refractivity (Wildman–Crippen MR) is 69.4 cm³/mol. The number of benzene rings is 1. The van der Waals surface area contributed by atoms with E-state index in [0.717, 1.165) is 4.60 Å². The molecule has 17 heavy (non-hydrogen) atoms. The Labute approximate surface area is 111 Å². The van der Waals surface area contributed by atoms with Crippen LogP contribution in [0.15, 0.2) is 28.2 Å². The highest BCUT2D eigenvalue weighted by atomic mass is 79.9. The Kier molecular flexibility index (Phi) is 3.86. The first kappa shape index (κ1) is 12.2. The van der Waals surface area contributed by atoms with Gasteiger partial charge < -0.3 is 14.2 Å². The Morgan fingerprint density at radius 1 is 1.18 bits per heavy atom. The number of ether oxygens (including phenoxy) is 3. The standard InChI is InChI=1S/C11H10BrNO3S/c1-14-7-4-3-5-8(15-2)10(7)16-11-13-9(12)6-17-11/h3-6H,1-2H3. The van der Waals surface area contributed by atoms with Crippen LogP contribution in [0.5, 0.6) is 22.4 Å². The number of hydrogen-bond acceptors (Lipinski definition) is 5. The maximum Gasteiger partial charge on any atom is 0.280 e. The van der Waals surface area contributed by atoms with Crippen molar-refractivity contribution in [3.63, 3.8) is 0 Å². The van der Waals surface area contributed by atoms with Crippen LogP contribution in [0.4, 0.5) is 0 Å². The van der Waals surface area contributed by atoms with Crippen molar-refractivity contribution < 1.29 is 14.2 Å². The van der Waals surface area contributed by atoms with Crippen LogP contribution in [-0.2, 0) is 0 Å². The monoisotopic (exact) mass is 315 g/mol. The normalized spacial score (nSPS) is 10.1. The molecule has 2 rings (SSSR count). The third-order valence-electron chi connectivity index (χ3n) is 2.03. The van der Waals surface area contributed by atoms with E-state index in [1.165, 1.54) is 11.3 Å². The number of thiazole rings is 1. The third-order valence-corrected chi connectivity index (χ3v) is 3.45. The lowest BCUT2D eigenvalue weighted by atomic mass is 10.3. The number of halogens is 1. The quantitative estimate of drug-likeness (QED) is 0.862. The molecule has 1 heterocycles. The molecule has 0 saturated heterocycles. The van der Waals surface area contributed by atoms with E-state index in [-0.39, 0.29) is 0 Å². The summed E-state index contributed by atoms with van der Waals surface area (Å²) in [6.45, 7) is 0. The fraction of sp³-hybridized carbons (Fsp3) is 0.182. The molecule has 4 nitrogen and oxygen atoms in total. The van der Waals surface area contributed by atoms with Crippen molar-refractivity contribution in [2.24, 2.45) is 0 Å². The zero-order valence-electron chi connectivity index (χ0n) is 9.27. The molecule has 0 spiro atoms. The molecule has 0 aliphatic carbocycles. The van der Waals surface area contributed by atoms with Gasteiger partial charge in [-0.05, 0) is 28.1 Å². The summed E-state index contributed by atoms with van der Waals surface area (Å²) < 4.78 is 16.9. The van der Waals surface area contributed by atoms with E-state index in [1.807, 2.05) is 11.4 Å². The van der Waals surface area contributed by atoms with Gasteiger partial charge in [-0.15, -0.1) is 0 Å². The number of para-hydroxylation sites is 1. The summed E-state index contributed by atoms with van der Waals surface area (Å²) >= 11 is 4.66. The minimum Gasteiger partial charge on any atom is -0.493 e. The molecular formula is C11H10BrNO3S. The van der Waals surface area contributed by atoms with Crippen LogP contribution in [0, 0.1) is 0 Å². The number of rotatable bonds is 4. The first-order valence-corrected chi connectivity index (χ1v) is 6.41. The lowest BCUT2D eigenvalue weighted by molar-refractivity contribution is 0.345. The highest BCUT2D eigenvalue weighted by molar-refractivity contribution is 9.10. The Morgan fingerprint density at radius 3 is 2.29 bits per heavy atom. The molecule has 0 N–H and O–H groups in total. The first-order valence-electron chi connectivity index (χ1n) is 4.74. The van der Waals surface area contributed by atoms with Crippen molar-refractivity contribution in [3.05, 3.63) is 28.2 Å². The van der Waals surface area contributed by atoms with Gasteiger partial charge in [0.05, 0.1) is 14.2 Å². The maximum absolute atomic E-state index is 5.67. The first-order chi connectivity index (χ1) is 8.24. The van der Waals surface area contributed by atoms with E-state index in [2.05, 4.69) is 20.9 Å².